The molecular weight excluding hydrogens is 500 g/mol. The molecule has 9 heteroatoms. The number of sulfonamides is 1. The molecule has 0 aliphatic carbocycles. The predicted octanol–water partition coefficient (Wildman–Crippen LogP) is 4.68. The largest absolute Gasteiger partial charge is 0.481 e. The Hall–Kier alpha value is -3.20. The van der Waals surface area contributed by atoms with Crippen molar-refractivity contribution < 1.29 is 23.1 Å². The summed E-state index contributed by atoms with van der Waals surface area (Å²) in [6, 6.07) is 20.9. The molecule has 0 fully saturated rings. The number of carboxylic acids is 1. The average molecular weight is 529 g/mol. The van der Waals surface area contributed by atoms with E-state index in [9.17, 15) is 18.0 Å². The molecule has 190 valence electrons. The molecule has 0 unspecified atom stereocenters. The number of rotatable bonds is 12. The van der Waals surface area contributed by atoms with Gasteiger partial charge in [-0.2, -0.15) is 4.31 Å². The molecule has 3 aromatic carbocycles. The molecule has 3 aromatic rings. The van der Waals surface area contributed by atoms with Crippen LogP contribution in [0, 0.1) is 6.92 Å². The summed E-state index contributed by atoms with van der Waals surface area (Å²) in [5.41, 5.74) is 3.02. The number of hydrogen-bond donors (Lipinski definition) is 2. The third kappa shape index (κ3) is 7.65. The molecule has 0 aliphatic rings. The summed E-state index contributed by atoms with van der Waals surface area (Å²) in [5, 5.41) is 12.0. The van der Waals surface area contributed by atoms with Crippen molar-refractivity contribution in [1.82, 2.24) is 9.62 Å². The van der Waals surface area contributed by atoms with E-state index in [4.69, 9.17) is 16.7 Å². The van der Waals surface area contributed by atoms with Crippen LogP contribution in [0.2, 0.25) is 5.02 Å². The highest BCUT2D eigenvalue weighted by atomic mass is 35.5. The fraction of sp³-hybridized carbons (Fsp3) is 0.259. The lowest BCUT2D eigenvalue weighted by molar-refractivity contribution is -0.136. The van der Waals surface area contributed by atoms with Crippen LogP contribution in [0.1, 0.15) is 39.9 Å². The minimum Gasteiger partial charge on any atom is -0.481 e. The van der Waals surface area contributed by atoms with Gasteiger partial charge in [0, 0.05) is 30.2 Å². The zero-order valence-electron chi connectivity index (χ0n) is 20.0. The summed E-state index contributed by atoms with van der Waals surface area (Å²) in [6.07, 6.45) is 1.16. The summed E-state index contributed by atoms with van der Waals surface area (Å²) >= 11 is 5.96. The number of halogens is 1. The quantitative estimate of drug-likeness (QED) is 0.355. The van der Waals surface area contributed by atoms with Crippen molar-refractivity contribution in [2.24, 2.45) is 0 Å². The fourth-order valence-electron chi connectivity index (χ4n) is 3.73. The minimum atomic E-state index is -3.75. The van der Waals surface area contributed by atoms with Crippen molar-refractivity contribution in [3.05, 3.63) is 100 Å². The first-order valence-electron chi connectivity index (χ1n) is 11.6. The molecule has 36 heavy (non-hydrogen) atoms. The number of carboxylic acid groups (broad SMARTS) is 1. The molecule has 0 aromatic heterocycles. The normalized spacial score (nSPS) is 11.4. The van der Waals surface area contributed by atoms with E-state index in [1.165, 1.54) is 4.31 Å². The van der Waals surface area contributed by atoms with E-state index in [-0.39, 0.29) is 30.3 Å². The Kier molecular flexibility index (Phi) is 9.64. The average Bonchev–Trinajstić information content (AvgIpc) is 2.85. The van der Waals surface area contributed by atoms with Crippen molar-refractivity contribution in [3.8, 4) is 0 Å². The van der Waals surface area contributed by atoms with E-state index in [1.54, 1.807) is 48.5 Å². The number of hydrogen-bond acceptors (Lipinski definition) is 4. The number of aryl methyl sites for hydroxylation is 2. The molecular formula is C27H29ClN2O5S. The third-order valence-corrected chi connectivity index (χ3v) is 7.85. The molecule has 0 bridgehead atoms. The Morgan fingerprint density at radius 2 is 1.69 bits per heavy atom. The van der Waals surface area contributed by atoms with Crippen molar-refractivity contribution >= 4 is 33.5 Å². The van der Waals surface area contributed by atoms with Crippen LogP contribution in [0.15, 0.2) is 77.7 Å². The smallest absolute Gasteiger partial charge is 0.305 e. The van der Waals surface area contributed by atoms with E-state index in [1.807, 2.05) is 31.2 Å². The van der Waals surface area contributed by atoms with E-state index >= 15 is 0 Å². The fourth-order valence-corrected chi connectivity index (χ4v) is 5.33. The van der Waals surface area contributed by atoms with Gasteiger partial charge in [0.25, 0.3) is 5.91 Å². The molecule has 1 amide bonds. The number of nitrogens with zero attached hydrogens (tertiary/aromatic N) is 1. The summed E-state index contributed by atoms with van der Waals surface area (Å²) in [4.78, 5) is 23.2. The summed E-state index contributed by atoms with van der Waals surface area (Å²) in [7, 11) is -3.75. The lowest BCUT2D eigenvalue weighted by atomic mass is 10.0. The monoisotopic (exact) mass is 528 g/mol. The molecule has 0 atom stereocenters. The zero-order valence-corrected chi connectivity index (χ0v) is 21.6. The van der Waals surface area contributed by atoms with Crippen LogP contribution in [0.25, 0.3) is 0 Å². The van der Waals surface area contributed by atoms with Gasteiger partial charge in [0.05, 0.1) is 11.3 Å². The first kappa shape index (κ1) is 27.4. The third-order valence-electron chi connectivity index (χ3n) is 5.74. The summed E-state index contributed by atoms with van der Waals surface area (Å²) in [6.45, 7) is 2.33. The van der Waals surface area contributed by atoms with Crippen LogP contribution in [-0.2, 0) is 27.8 Å². The van der Waals surface area contributed by atoms with Crippen molar-refractivity contribution in [2.45, 2.75) is 37.6 Å². The zero-order chi connectivity index (χ0) is 26.1. The maximum Gasteiger partial charge on any atom is 0.305 e. The number of aliphatic carboxylic acids is 1. The van der Waals surface area contributed by atoms with Gasteiger partial charge >= 0.3 is 5.97 Å². The van der Waals surface area contributed by atoms with Gasteiger partial charge in [-0.15, -0.1) is 0 Å². The molecule has 0 radical (unpaired) electrons. The summed E-state index contributed by atoms with van der Waals surface area (Å²) in [5.74, 6) is -1.36. The van der Waals surface area contributed by atoms with Crippen LogP contribution in [-0.4, -0.2) is 42.8 Å². The van der Waals surface area contributed by atoms with Crippen LogP contribution in [0.3, 0.4) is 0 Å². The van der Waals surface area contributed by atoms with Crippen LogP contribution in [0.4, 0.5) is 0 Å². The van der Waals surface area contributed by atoms with Crippen molar-refractivity contribution in [3.63, 3.8) is 0 Å². The van der Waals surface area contributed by atoms with E-state index in [0.717, 1.165) is 16.7 Å². The maximum atomic E-state index is 13.5. The Bertz CT molecular complexity index is 1300. The lowest BCUT2D eigenvalue weighted by Gasteiger charge is -2.23. The van der Waals surface area contributed by atoms with Gasteiger partial charge in [0.15, 0.2) is 0 Å². The molecule has 0 spiro atoms. The molecule has 2 N–H and O–H groups in total. The van der Waals surface area contributed by atoms with Gasteiger partial charge in [-0.1, -0.05) is 48.0 Å². The first-order valence-corrected chi connectivity index (χ1v) is 13.4. The molecule has 7 nitrogen and oxygen atoms in total. The summed E-state index contributed by atoms with van der Waals surface area (Å²) < 4.78 is 28.4. The molecule has 0 saturated heterocycles. The van der Waals surface area contributed by atoms with Crippen LogP contribution < -0.4 is 5.32 Å². The lowest BCUT2D eigenvalue weighted by Crippen LogP contribution is -2.32. The number of carbonyl (C=O) groups excluding carboxylic acids is 1. The molecule has 0 saturated carbocycles. The SMILES string of the molecule is Cc1cc(C(=O)NCCC(=O)O)ccc1CN(CCCc1ccc(Cl)cc1)S(=O)(=O)c1ccccc1. The van der Waals surface area contributed by atoms with Gasteiger partial charge in [0.2, 0.25) is 10.0 Å². The highest BCUT2D eigenvalue weighted by molar-refractivity contribution is 7.89. The Balaban J connectivity index is 1.77. The number of carbonyl (C=O) groups is 2. The van der Waals surface area contributed by atoms with Crippen LogP contribution in [0.5, 0.6) is 0 Å². The Morgan fingerprint density at radius 1 is 1.00 bits per heavy atom. The minimum absolute atomic E-state index is 0.0334. The second-order valence-electron chi connectivity index (χ2n) is 8.42. The van der Waals surface area contributed by atoms with E-state index in [0.29, 0.717) is 30.0 Å². The standard InChI is InChI=1S/C27H29ClN2O5S/c1-20-18-22(27(33)29-16-15-26(31)32)11-12-23(20)19-30(36(34,35)25-7-3-2-4-8-25)17-5-6-21-9-13-24(28)14-10-21/h2-4,7-14,18H,5-6,15-17,19H2,1H3,(H,29,33)(H,31,32). The number of nitrogens with one attached hydrogen (secondary N) is 1. The second kappa shape index (κ2) is 12.7. The van der Waals surface area contributed by atoms with Gasteiger partial charge in [0.1, 0.15) is 0 Å². The first-order chi connectivity index (χ1) is 17.2. The van der Waals surface area contributed by atoms with E-state index < -0.39 is 16.0 Å². The van der Waals surface area contributed by atoms with Gasteiger partial charge in [-0.3, -0.25) is 9.59 Å². The van der Waals surface area contributed by atoms with Gasteiger partial charge in [-0.05, 0) is 72.9 Å². The van der Waals surface area contributed by atoms with Crippen LogP contribution >= 0.6 is 11.6 Å². The van der Waals surface area contributed by atoms with Gasteiger partial charge < -0.3 is 10.4 Å². The molecule has 0 aliphatic heterocycles. The Morgan fingerprint density at radius 3 is 2.33 bits per heavy atom. The second-order valence-corrected chi connectivity index (χ2v) is 10.8. The van der Waals surface area contributed by atoms with Gasteiger partial charge in [-0.25, -0.2) is 8.42 Å². The maximum absolute atomic E-state index is 13.5. The van der Waals surface area contributed by atoms with Crippen molar-refractivity contribution in [2.75, 3.05) is 13.1 Å². The number of amides is 1. The van der Waals surface area contributed by atoms with E-state index in [2.05, 4.69) is 5.32 Å². The molecule has 3 rings (SSSR count). The molecule has 0 heterocycles. The highest BCUT2D eigenvalue weighted by Gasteiger charge is 2.25. The van der Waals surface area contributed by atoms with Crippen molar-refractivity contribution in [1.29, 1.82) is 0 Å². The predicted molar refractivity (Wildman–Crippen MR) is 140 cm³/mol. The number of benzene rings is 3. The topological polar surface area (TPSA) is 104 Å². The highest BCUT2D eigenvalue weighted by Crippen LogP contribution is 2.22. The Labute approximate surface area is 216 Å².